The largest absolute Gasteiger partial charge is 0.361 e. The third-order valence-corrected chi connectivity index (χ3v) is 8.14. The molecule has 0 radical (unpaired) electrons. The Hall–Kier alpha value is -3.17. The number of rotatable bonds is 7. The number of amides is 1. The number of nitrogens with zero attached hydrogens (tertiary/aromatic N) is 3. The maximum atomic E-state index is 13.6. The molecule has 1 saturated carbocycles. The van der Waals surface area contributed by atoms with Gasteiger partial charge in [-0.15, -0.1) is 0 Å². The van der Waals surface area contributed by atoms with Gasteiger partial charge in [-0.1, -0.05) is 25.3 Å². The number of fused-ring (bicyclic) bond motifs is 1. The molecule has 36 heavy (non-hydrogen) atoms. The second kappa shape index (κ2) is 11.3. The number of hydrogen-bond donors (Lipinski definition) is 1. The number of anilines is 1. The Bertz CT molecular complexity index is 1210. The summed E-state index contributed by atoms with van der Waals surface area (Å²) >= 11 is 0. The number of hydrogen-bond acceptors (Lipinski definition) is 3. The fourth-order valence-electron chi connectivity index (χ4n) is 6.03. The van der Waals surface area contributed by atoms with Gasteiger partial charge in [0.05, 0.1) is 11.6 Å². The van der Waals surface area contributed by atoms with Crippen molar-refractivity contribution in [2.75, 3.05) is 31.1 Å². The van der Waals surface area contributed by atoms with Crippen molar-refractivity contribution in [3.8, 4) is 6.07 Å². The molecule has 1 saturated heterocycles. The summed E-state index contributed by atoms with van der Waals surface area (Å²) in [6, 6.07) is 14.4. The lowest BCUT2D eigenvalue weighted by Gasteiger charge is -2.34. The first-order valence-corrected chi connectivity index (χ1v) is 13.4. The molecule has 5 nitrogen and oxygen atoms in total. The van der Waals surface area contributed by atoms with Crippen molar-refractivity contribution < 1.29 is 9.18 Å². The molecule has 0 atom stereocenters. The zero-order valence-electron chi connectivity index (χ0n) is 20.9. The normalized spacial score (nSPS) is 17.8. The number of aromatic nitrogens is 1. The second-order valence-electron chi connectivity index (χ2n) is 10.5. The van der Waals surface area contributed by atoms with Gasteiger partial charge in [-0.3, -0.25) is 4.79 Å². The second-order valence-corrected chi connectivity index (χ2v) is 10.5. The van der Waals surface area contributed by atoms with Gasteiger partial charge in [0.25, 0.3) is 0 Å². The van der Waals surface area contributed by atoms with Gasteiger partial charge in [0, 0.05) is 42.3 Å². The van der Waals surface area contributed by atoms with Crippen LogP contribution >= 0.6 is 0 Å². The molecule has 6 heteroatoms. The number of carbonyl (C=O) groups excluding carboxylic acids is 1. The quantitative estimate of drug-likeness (QED) is 0.423. The Kier molecular flexibility index (Phi) is 7.67. The molecule has 5 rings (SSSR count). The van der Waals surface area contributed by atoms with Crippen molar-refractivity contribution in [1.29, 1.82) is 5.26 Å². The van der Waals surface area contributed by atoms with Crippen LogP contribution in [-0.2, 0) is 4.79 Å². The smallest absolute Gasteiger partial charge is 0.227 e. The topological polar surface area (TPSA) is 63.1 Å². The van der Waals surface area contributed by atoms with Gasteiger partial charge in [-0.25, -0.2) is 4.39 Å². The van der Waals surface area contributed by atoms with E-state index < -0.39 is 0 Å². The minimum absolute atomic E-state index is 0.166. The third kappa shape index (κ3) is 5.63. The number of aromatic amines is 1. The van der Waals surface area contributed by atoms with Crippen LogP contribution in [0.25, 0.3) is 10.9 Å². The zero-order valence-corrected chi connectivity index (χ0v) is 20.9. The first-order valence-electron chi connectivity index (χ1n) is 13.4. The van der Waals surface area contributed by atoms with E-state index in [1.807, 2.05) is 17.0 Å². The predicted molar refractivity (Wildman–Crippen MR) is 141 cm³/mol. The summed E-state index contributed by atoms with van der Waals surface area (Å²) in [5, 5.41) is 10.4. The molecule has 2 aromatic carbocycles. The average molecular weight is 487 g/mol. The van der Waals surface area contributed by atoms with Gasteiger partial charge < -0.3 is 14.8 Å². The number of H-pyrrole nitrogens is 1. The predicted octanol–water partition coefficient (Wildman–Crippen LogP) is 6.36. The molecule has 2 aliphatic rings. The molecule has 1 aliphatic carbocycles. The first-order chi connectivity index (χ1) is 17.6. The van der Waals surface area contributed by atoms with E-state index in [-0.39, 0.29) is 11.7 Å². The van der Waals surface area contributed by atoms with Crippen molar-refractivity contribution in [3.63, 3.8) is 0 Å². The summed E-state index contributed by atoms with van der Waals surface area (Å²) in [5.74, 6) is 0.856. The number of piperidine rings is 1. The van der Waals surface area contributed by atoms with Gasteiger partial charge in [0.2, 0.25) is 5.91 Å². The van der Waals surface area contributed by atoms with Gasteiger partial charge >= 0.3 is 0 Å². The van der Waals surface area contributed by atoms with Crippen molar-refractivity contribution in [1.82, 2.24) is 9.88 Å². The summed E-state index contributed by atoms with van der Waals surface area (Å²) < 4.78 is 13.6. The fraction of sp³-hybridized carbons (Fsp3) is 0.467. The molecule has 0 unspecified atom stereocenters. The van der Waals surface area contributed by atoms with Gasteiger partial charge in [-0.2, -0.15) is 5.26 Å². The molecule has 1 amide bonds. The van der Waals surface area contributed by atoms with Crippen molar-refractivity contribution >= 4 is 22.5 Å². The average Bonchev–Trinajstić information content (AvgIpc) is 3.34. The Balaban J connectivity index is 1.20. The molecular weight excluding hydrogens is 451 g/mol. The van der Waals surface area contributed by atoms with E-state index in [1.165, 1.54) is 42.3 Å². The highest BCUT2D eigenvalue weighted by Gasteiger charge is 2.26. The van der Waals surface area contributed by atoms with Crippen LogP contribution < -0.4 is 4.90 Å². The van der Waals surface area contributed by atoms with Crippen molar-refractivity contribution in [2.45, 2.75) is 57.3 Å². The molecule has 0 spiro atoms. The Morgan fingerprint density at radius 3 is 2.53 bits per heavy atom. The summed E-state index contributed by atoms with van der Waals surface area (Å²) in [7, 11) is 0. The molecule has 2 heterocycles. The Morgan fingerprint density at radius 2 is 1.81 bits per heavy atom. The van der Waals surface area contributed by atoms with Crippen LogP contribution in [0.4, 0.5) is 10.1 Å². The highest BCUT2D eigenvalue weighted by Crippen LogP contribution is 2.34. The number of nitrogens with one attached hydrogen (secondary N) is 1. The molecule has 2 fully saturated rings. The maximum absolute atomic E-state index is 13.6. The number of halogens is 1. The number of nitriles is 1. The molecule has 1 N–H and O–H groups in total. The van der Waals surface area contributed by atoms with E-state index in [0.29, 0.717) is 30.4 Å². The van der Waals surface area contributed by atoms with Crippen LogP contribution in [0.3, 0.4) is 0 Å². The molecule has 188 valence electrons. The van der Waals surface area contributed by atoms with Crippen molar-refractivity contribution in [2.24, 2.45) is 5.92 Å². The lowest BCUT2D eigenvalue weighted by molar-refractivity contribution is -0.119. The maximum Gasteiger partial charge on any atom is 0.227 e. The van der Waals surface area contributed by atoms with Gasteiger partial charge in [0.15, 0.2) is 0 Å². The molecule has 3 aromatic rings. The van der Waals surface area contributed by atoms with E-state index in [4.69, 9.17) is 5.26 Å². The van der Waals surface area contributed by atoms with E-state index in [1.54, 1.807) is 12.1 Å². The van der Waals surface area contributed by atoms with Crippen LogP contribution in [0.15, 0.2) is 48.7 Å². The summed E-state index contributed by atoms with van der Waals surface area (Å²) in [5.41, 5.74) is 3.83. The van der Waals surface area contributed by atoms with Crippen LogP contribution in [0, 0.1) is 23.1 Å². The van der Waals surface area contributed by atoms with Crippen LogP contribution in [-0.4, -0.2) is 42.0 Å². The highest BCUT2D eigenvalue weighted by atomic mass is 19.1. The molecule has 1 aromatic heterocycles. The number of likely N-dealkylation sites (tertiary alicyclic amines) is 1. The van der Waals surface area contributed by atoms with Crippen molar-refractivity contribution in [3.05, 3.63) is 65.6 Å². The lowest BCUT2D eigenvalue weighted by Crippen LogP contribution is -2.42. The van der Waals surface area contributed by atoms with E-state index in [2.05, 4.69) is 28.2 Å². The standard InChI is InChI=1S/C30H35FN4O/c31-25-7-9-26(10-8-25)35(30(36)19-22-4-2-1-3-5-22)17-16-34-14-12-24(13-15-34)28-21-33-29-18-23(20-32)6-11-27(28)29/h6-11,18,21-22,24,33H,1-5,12-17,19H2. The third-order valence-electron chi connectivity index (χ3n) is 8.14. The fourth-order valence-corrected chi connectivity index (χ4v) is 6.03. The Labute approximate surface area is 212 Å². The Morgan fingerprint density at radius 1 is 1.06 bits per heavy atom. The first kappa shape index (κ1) is 24.5. The summed E-state index contributed by atoms with van der Waals surface area (Å²) in [6.45, 7) is 3.43. The van der Waals surface area contributed by atoms with E-state index in [0.717, 1.165) is 56.5 Å². The van der Waals surface area contributed by atoms with E-state index in [9.17, 15) is 9.18 Å². The summed E-state index contributed by atoms with van der Waals surface area (Å²) in [6.07, 6.45) is 10.8. The van der Waals surface area contributed by atoms with Crippen LogP contribution in [0.2, 0.25) is 0 Å². The molecular formula is C30H35FN4O. The number of carbonyl (C=O) groups is 1. The highest BCUT2D eigenvalue weighted by molar-refractivity contribution is 5.93. The van der Waals surface area contributed by atoms with Crippen LogP contribution in [0.1, 0.15) is 68.4 Å². The monoisotopic (exact) mass is 486 g/mol. The minimum Gasteiger partial charge on any atom is -0.361 e. The lowest BCUT2D eigenvalue weighted by atomic mass is 9.86. The van der Waals surface area contributed by atoms with E-state index >= 15 is 0 Å². The SMILES string of the molecule is N#Cc1ccc2c(C3CCN(CCN(C(=O)CC4CCCCC4)c4ccc(F)cc4)CC3)c[nH]c2c1. The summed E-state index contributed by atoms with van der Waals surface area (Å²) in [4.78, 5) is 21.0. The van der Waals surface area contributed by atoms with Gasteiger partial charge in [0.1, 0.15) is 5.82 Å². The number of benzene rings is 2. The molecule has 0 bridgehead atoms. The zero-order chi connectivity index (χ0) is 24.9. The molecule has 1 aliphatic heterocycles. The van der Waals surface area contributed by atoms with Crippen LogP contribution in [0.5, 0.6) is 0 Å². The minimum atomic E-state index is -0.276. The van der Waals surface area contributed by atoms with Gasteiger partial charge in [-0.05, 0) is 92.6 Å².